The maximum absolute atomic E-state index is 11.1. The van der Waals surface area contributed by atoms with Crippen molar-refractivity contribution in [3.63, 3.8) is 0 Å². The fraction of sp³-hybridized carbons (Fsp3) is 0.857. The lowest BCUT2D eigenvalue weighted by atomic mass is 10.5. The van der Waals surface area contributed by atoms with Gasteiger partial charge in [-0.1, -0.05) is 6.92 Å². The summed E-state index contributed by atoms with van der Waals surface area (Å²) in [5.74, 6) is -0.0307. The molecule has 11 heavy (non-hydrogen) atoms. The Hall–Kier alpha value is -0.610. The van der Waals surface area contributed by atoms with Gasteiger partial charge in [0, 0.05) is 6.54 Å². The molecule has 0 aromatic heterocycles. The van der Waals surface area contributed by atoms with E-state index in [1.54, 1.807) is 0 Å². The van der Waals surface area contributed by atoms with Crippen molar-refractivity contribution in [1.29, 1.82) is 0 Å². The zero-order valence-corrected chi connectivity index (χ0v) is 7.39. The molecule has 0 aliphatic rings. The van der Waals surface area contributed by atoms with Crippen LogP contribution in [0.4, 0.5) is 0 Å². The molecule has 1 amide bonds. The number of likely N-dealkylation sites (N-methyl/N-ethyl adjacent to an activating group) is 2. The second-order valence-electron chi connectivity index (χ2n) is 2.05. The summed E-state index contributed by atoms with van der Waals surface area (Å²) in [7, 11) is 1.49. The van der Waals surface area contributed by atoms with E-state index < -0.39 is 0 Å². The van der Waals surface area contributed by atoms with E-state index in [4.69, 9.17) is 4.84 Å². The molecule has 0 aliphatic heterocycles. The minimum absolute atomic E-state index is 0.0307. The van der Waals surface area contributed by atoms with Crippen molar-refractivity contribution >= 4 is 5.91 Å². The standard InChI is InChI=1S/C7H16N2O2/c1-4-8-6-7(10)9(5-2)11-3/h8H,4-6H2,1-3H3. The molecule has 1 N–H and O–H groups in total. The van der Waals surface area contributed by atoms with E-state index in [-0.39, 0.29) is 5.91 Å². The Morgan fingerprint density at radius 2 is 2.18 bits per heavy atom. The molecule has 0 heterocycles. The van der Waals surface area contributed by atoms with E-state index in [9.17, 15) is 4.79 Å². The van der Waals surface area contributed by atoms with Crippen molar-refractivity contribution in [2.45, 2.75) is 13.8 Å². The number of rotatable bonds is 5. The van der Waals surface area contributed by atoms with Crippen molar-refractivity contribution in [1.82, 2.24) is 10.4 Å². The first-order chi connectivity index (χ1) is 5.26. The summed E-state index contributed by atoms with van der Waals surface area (Å²) < 4.78 is 0. The lowest BCUT2D eigenvalue weighted by Crippen LogP contribution is -2.37. The van der Waals surface area contributed by atoms with Crippen LogP contribution in [0.25, 0.3) is 0 Å². The molecule has 0 saturated heterocycles. The average molecular weight is 160 g/mol. The van der Waals surface area contributed by atoms with Crippen molar-refractivity contribution in [3.8, 4) is 0 Å². The molecule has 0 spiro atoms. The van der Waals surface area contributed by atoms with Gasteiger partial charge >= 0.3 is 0 Å². The number of carbonyl (C=O) groups excluding carboxylic acids is 1. The predicted octanol–water partition coefficient (Wildman–Crippen LogP) is 0.00580. The first-order valence-corrected chi connectivity index (χ1v) is 3.81. The maximum atomic E-state index is 11.1. The van der Waals surface area contributed by atoms with Gasteiger partial charge in [-0.3, -0.25) is 9.63 Å². The molecule has 4 nitrogen and oxygen atoms in total. The van der Waals surface area contributed by atoms with Gasteiger partial charge in [-0.2, -0.15) is 0 Å². The molecule has 0 aromatic rings. The normalized spacial score (nSPS) is 9.73. The van der Waals surface area contributed by atoms with Gasteiger partial charge in [-0.25, -0.2) is 5.06 Å². The van der Waals surface area contributed by atoms with Crippen LogP contribution in [0, 0.1) is 0 Å². The minimum atomic E-state index is -0.0307. The van der Waals surface area contributed by atoms with E-state index in [1.807, 2.05) is 13.8 Å². The third-order valence-corrected chi connectivity index (χ3v) is 1.31. The number of nitrogens with zero attached hydrogens (tertiary/aromatic N) is 1. The van der Waals surface area contributed by atoms with Crippen LogP contribution in [0.15, 0.2) is 0 Å². The SMILES string of the molecule is CCNCC(=O)N(CC)OC. The Morgan fingerprint density at radius 1 is 1.55 bits per heavy atom. The molecular weight excluding hydrogens is 144 g/mol. The van der Waals surface area contributed by atoms with Crippen LogP contribution in [0.5, 0.6) is 0 Å². The van der Waals surface area contributed by atoms with E-state index in [0.717, 1.165) is 6.54 Å². The number of hydrogen-bond acceptors (Lipinski definition) is 3. The zero-order valence-electron chi connectivity index (χ0n) is 7.39. The van der Waals surface area contributed by atoms with Crippen LogP contribution in [0.2, 0.25) is 0 Å². The van der Waals surface area contributed by atoms with E-state index in [1.165, 1.54) is 12.2 Å². The van der Waals surface area contributed by atoms with Crippen LogP contribution in [-0.2, 0) is 9.63 Å². The van der Waals surface area contributed by atoms with Gasteiger partial charge in [0.15, 0.2) is 0 Å². The molecule has 0 radical (unpaired) electrons. The van der Waals surface area contributed by atoms with Crippen LogP contribution in [-0.4, -0.2) is 37.7 Å². The fourth-order valence-corrected chi connectivity index (χ4v) is 0.727. The topological polar surface area (TPSA) is 41.6 Å². The second-order valence-corrected chi connectivity index (χ2v) is 2.05. The Labute approximate surface area is 67.5 Å². The molecule has 4 heteroatoms. The van der Waals surface area contributed by atoms with Crippen LogP contribution >= 0.6 is 0 Å². The lowest BCUT2D eigenvalue weighted by molar-refractivity contribution is -0.173. The number of amides is 1. The fourth-order valence-electron chi connectivity index (χ4n) is 0.727. The van der Waals surface area contributed by atoms with Gasteiger partial charge in [0.2, 0.25) is 0 Å². The molecule has 0 atom stereocenters. The molecular formula is C7H16N2O2. The first-order valence-electron chi connectivity index (χ1n) is 3.81. The lowest BCUT2D eigenvalue weighted by Gasteiger charge is -2.17. The van der Waals surface area contributed by atoms with Crippen molar-refractivity contribution < 1.29 is 9.63 Å². The van der Waals surface area contributed by atoms with Crippen molar-refractivity contribution in [3.05, 3.63) is 0 Å². The van der Waals surface area contributed by atoms with Gasteiger partial charge in [0.1, 0.15) is 0 Å². The van der Waals surface area contributed by atoms with Crippen LogP contribution in [0.3, 0.4) is 0 Å². The van der Waals surface area contributed by atoms with Crippen molar-refractivity contribution in [2.24, 2.45) is 0 Å². The molecule has 0 saturated carbocycles. The monoisotopic (exact) mass is 160 g/mol. The number of nitrogens with one attached hydrogen (secondary N) is 1. The highest BCUT2D eigenvalue weighted by Gasteiger charge is 2.08. The van der Waals surface area contributed by atoms with E-state index >= 15 is 0 Å². The van der Waals surface area contributed by atoms with Crippen molar-refractivity contribution in [2.75, 3.05) is 26.7 Å². The minimum Gasteiger partial charge on any atom is -0.309 e. The van der Waals surface area contributed by atoms with Gasteiger partial charge < -0.3 is 5.32 Å². The molecule has 0 unspecified atom stereocenters. The highest BCUT2D eigenvalue weighted by atomic mass is 16.7. The quantitative estimate of drug-likeness (QED) is 0.576. The molecule has 0 rings (SSSR count). The molecule has 0 bridgehead atoms. The van der Waals surface area contributed by atoms with Gasteiger partial charge in [-0.15, -0.1) is 0 Å². The molecule has 66 valence electrons. The first kappa shape index (κ1) is 10.4. The largest absolute Gasteiger partial charge is 0.309 e. The highest BCUT2D eigenvalue weighted by Crippen LogP contribution is 1.86. The van der Waals surface area contributed by atoms with Crippen LogP contribution in [0.1, 0.15) is 13.8 Å². The number of hydrogen-bond donors (Lipinski definition) is 1. The summed E-state index contributed by atoms with van der Waals surface area (Å²) in [6.45, 7) is 5.55. The summed E-state index contributed by atoms with van der Waals surface area (Å²) in [6, 6.07) is 0. The maximum Gasteiger partial charge on any atom is 0.260 e. The third-order valence-electron chi connectivity index (χ3n) is 1.31. The summed E-state index contributed by atoms with van der Waals surface area (Å²) in [5.41, 5.74) is 0. The Balaban J connectivity index is 3.61. The highest BCUT2D eigenvalue weighted by molar-refractivity contribution is 5.77. The third kappa shape index (κ3) is 3.95. The summed E-state index contributed by atoms with van der Waals surface area (Å²) in [4.78, 5) is 15.9. The summed E-state index contributed by atoms with van der Waals surface area (Å²) in [5, 5.41) is 4.25. The van der Waals surface area contributed by atoms with Gasteiger partial charge in [0.25, 0.3) is 5.91 Å². The molecule has 0 aliphatic carbocycles. The van der Waals surface area contributed by atoms with Crippen LogP contribution < -0.4 is 5.32 Å². The Bertz CT molecular complexity index is 113. The second kappa shape index (κ2) is 6.12. The molecule has 0 fully saturated rings. The number of hydroxylamine groups is 2. The summed E-state index contributed by atoms with van der Waals surface area (Å²) >= 11 is 0. The predicted molar refractivity (Wildman–Crippen MR) is 42.9 cm³/mol. The van der Waals surface area contributed by atoms with Gasteiger partial charge in [0.05, 0.1) is 13.7 Å². The number of carbonyl (C=O) groups is 1. The molecule has 0 aromatic carbocycles. The van der Waals surface area contributed by atoms with E-state index in [0.29, 0.717) is 13.1 Å². The van der Waals surface area contributed by atoms with Gasteiger partial charge in [-0.05, 0) is 13.5 Å². The van der Waals surface area contributed by atoms with E-state index in [2.05, 4.69) is 5.32 Å². The Kier molecular flexibility index (Phi) is 5.78. The Morgan fingerprint density at radius 3 is 2.55 bits per heavy atom. The zero-order chi connectivity index (χ0) is 8.69. The average Bonchev–Trinajstić information content (AvgIpc) is 2.03. The smallest absolute Gasteiger partial charge is 0.260 e. The summed E-state index contributed by atoms with van der Waals surface area (Å²) in [6.07, 6.45) is 0.